The minimum absolute atomic E-state index is 0.190. The Hall–Kier alpha value is -1.06. The molecule has 0 aliphatic heterocycles. The third-order valence-electron chi connectivity index (χ3n) is 3.36. The van der Waals surface area contributed by atoms with Gasteiger partial charge in [-0.25, -0.2) is 0 Å². The van der Waals surface area contributed by atoms with Gasteiger partial charge in [0.2, 0.25) is 0 Å². The molecule has 1 fully saturated rings. The average Bonchev–Trinajstić information content (AvgIpc) is 3.10. The summed E-state index contributed by atoms with van der Waals surface area (Å²) in [5, 5.41) is 9.37. The highest BCUT2D eigenvalue weighted by molar-refractivity contribution is 5.26. The third kappa shape index (κ3) is 3.45. The van der Waals surface area contributed by atoms with Crippen LogP contribution in [0.4, 0.5) is 0 Å². The van der Waals surface area contributed by atoms with Crippen molar-refractivity contribution < 1.29 is 14.6 Å². The molecule has 0 amide bonds. The molecule has 94 valence electrons. The van der Waals surface area contributed by atoms with Crippen molar-refractivity contribution in [2.24, 2.45) is 11.8 Å². The summed E-state index contributed by atoms with van der Waals surface area (Å²) in [5.74, 6) is 1.87. The van der Waals surface area contributed by atoms with Crippen molar-refractivity contribution in [3.05, 3.63) is 29.8 Å². The van der Waals surface area contributed by atoms with Crippen molar-refractivity contribution >= 4 is 0 Å². The van der Waals surface area contributed by atoms with E-state index >= 15 is 0 Å². The standard InChI is InChI=1S/C14H20O3/c1-10(15)14-7-12(14)9-17-8-11-3-5-13(16-2)6-4-11/h3-6,10,12,14-15H,7-9H2,1-2H3/t10-,12+,14-/m1/s1. The van der Waals surface area contributed by atoms with Gasteiger partial charge >= 0.3 is 0 Å². The number of benzene rings is 1. The number of ether oxygens (including phenoxy) is 2. The van der Waals surface area contributed by atoms with Gasteiger partial charge in [0.05, 0.1) is 26.4 Å². The molecule has 0 saturated heterocycles. The molecule has 1 saturated carbocycles. The molecule has 0 heterocycles. The van der Waals surface area contributed by atoms with Crippen molar-refractivity contribution in [2.45, 2.75) is 26.1 Å². The van der Waals surface area contributed by atoms with Crippen molar-refractivity contribution in [3.8, 4) is 5.75 Å². The van der Waals surface area contributed by atoms with Gasteiger partial charge in [-0.2, -0.15) is 0 Å². The predicted molar refractivity (Wildman–Crippen MR) is 65.9 cm³/mol. The van der Waals surface area contributed by atoms with Crippen LogP contribution in [0.1, 0.15) is 18.9 Å². The quantitative estimate of drug-likeness (QED) is 0.823. The molecular weight excluding hydrogens is 216 g/mol. The summed E-state index contributed by atoms with van der Waals surface area (Å²) in [4.78, 5) is 0. The fourth-order valence-corrected chi connectivity index (χ4v) is 2.10. The van der Waals surface area contributed by atoms with Crippen LogP contribution in [0.5, 0.6) is 5.75 Å². The Morgan fingerprint density at radius 3 is 2.59 bits per heavy atom. The Balaban J connectivity index is 1.68. The lowest BCUT2D eigenvalue weighted by Gasteiger charge is -2.06. The normalized spacial score (nSPS) is 24.4. The van der Waals surface area contributed by atoms with Gasteiger partial charge in [-0.15, -0.1) is 0 Å². The molecule has 0 bridgehead atoms. The van der Waals surface area contributed by atoms with Crippen LogP contribution in [-0.4, -0.2) is 24.9 Å². The van der Waals surface area contributed by atoms with Crippen LogP contribution < -0.4 is 4.74 Å². The van der Waals surface area contributed by atoms with E-state index in [4.69, 9.17) is 9.47 Å². The van der Waals surface area contributed by atoms with Crippen LogP contribution in [0.15, 0.2) is 24.3 Å². The molecular formula is C14H20O3. The Morgan fingerprint density at radius 1 is 1.35 bits per heavy atom. The highest BCUT2D eigenvalue weighted by atomic mass is 16.5. The fourth-order valence-electron chi connectivity index (χ4n) is 2.10. The number of aliphatic hydroxyl groups excluding tert-OH is 1. The maximum Gasteiger partial charge on any atom is 0.118 e. The lowest BCUT2D eigenvalue weighted by Crippen LogP contribution is -2.07. The first-order valence-corrected chi connectivity index (χ1v) is 6.09. The van der Waals surface area contributed by atoms with Gasteiger partial charge in [0, 0.05) is 0 Å². The van der Waals surface area contributed by atoms with Crippen LogP contribution in [0.3, 0.4) is 0 Å². The number of hydrogen-bond donors (Lipinski definition) is 1. The fraction of sp³-hybridized carbons (Fsp3) is 0.571. The van der Waals surface area contributed by atoms with E-state index in [2.05, 4.69) is 0 Å². The SMILES string of the molecule is COc1ccc(COC[C@@H]2C[C@@H]2[C@@H](C)O)cc1. The van der Waals surface area contributed by atoms with E-state index in [0.29, 0.717) is 18.4 Å². The Morgan fingerprint density at radius 2 is 2.06 bits per heavy atom. The summed E-state index contributed by atoms with van der Waals surface area (Å²) in [6, 6.07) is 7.90. The van der Waals surface area contributed by atoms with Gasteiger partial charge in [0.25, 0.3) is 0 Å². The minimum atomic E-state index is -0.190. The molecule has 0 spiro atoms. The molecule has 1 aromatic rings. The Bertz CT molecular complexity index is 345. The highest BCUT2D eigenvalue weighted by Gasteiger charge is 2.40. The Labute approximate surface area is 102 Å². The van der Waals surface area contributed by atoms with E-state index in [1.165, 1.54) is 0 Å². The predicted octanol–water partition coefficient (Wildman–Crippen LogP) is 2.23. The zero-order valence-corrected chi connectivity index (χ0v) is 10.4. The van der Waals surface area contributed by atoms with E-state index in [0.717, 1.165) is 24.3 Å². The highest BCUT2D eigenvalue weighted by Crippen LogP contribution is 2.41. The molecule has 2 rings (SSSR count). The summed E-state index contributed by atoms with van der Waals surface area (Å²) in [5.41, 5.74) is 1.15. The van der Waals surface area contributed by atoms with Crippen molar-refractivity contribution in [3.63, 3.8) is 0 Å². The van der Waals surface area contributed by atoms with Crippen LogP contribution >= 0.6 is 0 Å². The number of aliphatic hydroxyl groups is 1. The minimum Gasteiger partial charge on any atom is -0.497 e. The summed E-state index contributed by atoms with van der Waals surface area (Å²) in [6.07, 6.45) is 0.907. The smallest absolute Gasteiger partial charge is 0.118 e. The van der Waals surface area contributed by atoms with Crippen LogP contribution in [0, 0.1) is 11.8 Å². The summed E-state index contributed by atoms with van der Waals surface area (Å²) in [7, 11) is 1.66. The maximum atomic E-state index is 9.37. The molecule has 1 N–H and O–H groups in total. The monoisotopic (exact) mass is 236 g/mol. The van der Waals surface area contributed by atoms with Gasteiger partial charge in [-0.1, -0.05) is 12.1 Å². The van der Waals surface area contributed by atoms with Crippen molar-refractivity contribution in [2.75, 3.05) is 13.7 Å². The molecule has 1 aliphatic rings. The van der Waals surface area contributed by atoms with Crippen LogP contribution in [0.25, 0.3) is 0 Å². The molecule has 0 unspecified atom stereocenters. The molecule has 0 aromatic heterocycles. The van der Waals surface area contributed by atoms with E-state index in [9.17, 15) is 5.11 Å². The summed E-state index contributed by atoms with van der Waals surface area (Å²) in [6.45, 7) is 3.24. The number of methoxy groups -OCH3 is 1. The molecule has 17 heavy (non-hydrogen) atoms. The Kier molecular flexibility index (Phi) is 4.02. The molecule has 3 heteroatoms. The maximum absolute atomic E-state index is 9.37. The lowest BCUT2D eigenvalue weighted by molar-refractivity contribution is 0.0943. The van der Waals surface area contributed by atoms with Crippen molar-refractivity contribution in [1.29, 1.82) is 0 Å². The second kappa shape index (κ2) is 5.52. The van der Waals surface area contributed by atoms with Crippen molar-refractivity contribution in [1.82, 2.24) is 0 Å². The van der Waals surface area contributed by atoms with Gasteiger partial charge in [-0.05, 0) is 42.9 Å². The number of hydrogen-bond acceptors (Lipinski definition) is 3. The van der Waals surface area contributed by atoms with E-state index < -0.39 is 0 Å². The zero-order valence-electron chi connectivity index (χ0n) is 10.4. The van der Waals surface area contributed by atoms with Gasteiger partial charge < -0.3 is 14.6 Å². The topological polar surface area (TPSA) is 38.7 Å². The second-order valence-corrected chi connectivity index (χ2v) is 4.76. The molecule has 1 aliphatic carbocycles. The summed E-state index contributed by atoms with van der Waals surface area (Å²) >= 11 is 0. The van der Waals surface area contributed by atoms with E-state index in [-0.39, 0.29) is 6.10 Å². The molecule has 1 aromatic carbocycles. The molecule has 0 radical (unpaired) electrons. The lowest BCUT2D eigenvalue weighted by atomic mass is 10.2. The van der Waals surface area contributed by atoms with Crippen LogP contribution in [-0.2, 0) is 11.3 Å². The van der Waals surface area contributed by atoms with Gasteiger partial charge in [0.1, 0.15) is 5.75 Å². The van der Waals surface area contributed by atoms with Crippen LogP contribution in [0.2, 0.25) is 0 Å². The van der Waals surface area contributed by atoms with Gasteiger partial charge in [0.15, 0.2) is 0 Å². The van der Waals surface area contributed by atoms with E-state index in [1.807, 2.05) is 31.2 Å². The third-order valence-corrected chi connectivity index (χ3v) is 3.36. The largest absolute Gasteiger partial charge is 0.497 e. The molecule has 3 nitrogen and oxygen atoms in total. The summed E-state index contributed by atoms with van der Waals surface area (Å²) < 4.78 is 10.7. The van der Waals surface area contributed by atoms with E-state index in [1.54, 1.807) is 7.11 Å². The number of rotatable bonds is 6. The first kappa shape index (κ1) is 12.4. The zero-order chi connectivity index (χ0) is 12.3. The average molecular weight is 236 g/mol. The molecule has 3 atom stereocenters. The second-order valence-electron chi connectivity index (χ2n) is 4.76. The first-order chi connectivity index (χ1) is 8.20. The first-order valence-electron chi connectivity index (χ1n) is 6.09. The van der Waals surface area contributed by atoms with Gasteiger partial charge in [-0.3, -0.25) is 0 Å².